The molecular formula is C22H29N5O2. The van der Waals surface area contributed by atoms with Gasteiger partial charge >= 0.3 is 0 Å². The van der Waals surface area contributed by atoms with Crippen LogP contribution in [0.5, 0.6) is 0 Å². The van der Waals surface area contributed by atoms with Crippen LogP contribution in [0.2, 0.25) is 0 Å². The number of ketones is 1. The van der Waals surface area contributed by atoms with Gasteiger partial charge < -0.3 is 15.5 Å². The molecule has 0 saturated carbocycles. The molecule has 0 atom stereocenters. The zero-order valence-corrected chi connectivity index (χ0v) is 17.6. The Balaban J connectivity index is 2.09. The number of nitrogens with zero attached hydrogens (tertiary/aromatic N) is 4. The van der Waals surface area contributed by atoms with Gasteiger partial charge in [-0.15, -0.1) is 0 Å². The Morgan fingerprint density at radius 3 is 2.34 bits per heavy atom. The zero-order valence-electron chi connectivity index (χ0n) is 17.6. The molecular weight excluding hydrogens is 366 g/mol. The summed E-state index contributed by atoms with van der Waals surface area (Å²) in [6, 6.07) is 10.9. The molecule has 0 fully saturated rings. The van der Waals surface area contributed by atoms with Crippen LogP contribution < -0.4 is 10.6 Å². The smallest absolute Gasteiger partial charge is 0.248 e. The molecule has 7 nitrogen and oxygen atoms in total. The van der Waals surface area contributed by atoms with Crippen molar-refractivity contribution in [2.24, 2.45) is 10.7 Å². The van der Waals surface area contributed by atoms with Crippen molar-refractivity contribution in [2.75, 3.05) is 31.6 Å². The number of anilines is 1. The number of likely N-dealkylation sites (N-methyl/N-ethyl adjacent to an activating group) is 1. The number of Topliss-reactive ketones (excluding diaryl/α,β-unsaturated/α-hetero) is 1. The highest BCUT2D eigenvalue weighted by molar-refractivity contribution is 5.98. The molecule has 1 aromatic heterocycles. The van der Waals surface area contributed by atoms with E-state index in [1.807, 2.05) is 26.1 Å². The van der Waals surface area contributed by atoms with Gasteiger partial charge in [-0.05, 0) is 49.7 Å². The minimum atomic E-state index is -0.425. The molecule has 1 aromatic carbocycles. The summed E-state index contributed by atoms with van der Waals surface area (Å²) in [6.45, 7) is 7.99. The van der Waals surface area contributed by atoms with Gasteiger partial charge in [-0.2, -0.15) is 0 Å². The second kappa shape index (κ2) is 10.4. The number of amides is 1. The first kappa shape index (κ1) is 22.1. The number of hydrogen-bond donors (Lipinski definition) is 1. The lowest BCUT2D eigenvalue weighted by Gasteiger charge is -2.28. The molecule has 0 aliphatic rings. The highest BCUT2D eigenvalue weighted by Crippen LogP contribution is 2.18. The van der Waals surface area contributed by atoms with Crippen molar-refractivity contribution >= 4 is 28.9 Å². The van der Waals surface area contributed by atoms with Crippen LogP contribution in [0.1, 0.15) is 48.0 Å². The van der Waals surface area contributed by atoms with Crippen LogP contribution in [-0.2, 0) is 0 Å². The van der Waals surface area contributed by atoms with Crippen molar-refractivity contribution in [1.29, 1.82) is 0 Å². The van der Waals surface area contributed by atoms with E-state index in [1.165, 1.54) is 6.92 Å². The molecule has 154 valence electrons. The zero-order chi connectivity index (χ0) is 21.4. The maximum atomic E-state index is 11.7. The lowest BCUT2D eigenvalue weighted by Crippen LogP contribution is -2.36. The number of primary amides is 1. The van der Waals surface area contributed by atoms with Gasteiger partial charge in [-0.25, -0.2) is 4.99 Å². The molecule has 0 radical (unpaired) electrons. The molecule has 2 rings (SSSR count). The third-order valence-electron chi connectivity index (χ3n) is 4.67. The summed E-state index contributed by atoms with van der Waals surface area (Å²) in [7, 11) is 1.98. The van der Waals surface area contributed by atoms with E-state index in [0.29, 0.717) is 16.9 Å². The van der Waals surface area contributed by atoms with Crippen LogP contribution in [0.25, 0.3) is 0 Å². The van der Waals surface area contributed by atoms with Crippen LogP contribution in [0.3, 0.4) is 0 Å². The third-order valence-corrected chi connectivity index (χ3v) is 4.67. The fourth-order valence-electron chi connectivity index (χ4n) is 2.93. The van der Waals surface area contributed by atoms with Crippen LogP contribution >= 0.6 is 0 Å². The summed E-state index contributed by atoms with van der Waals surface area (Å²) in [4.78, 5) is 36.1. The van der Waals surface area contributed by atoms with Crippen molar-refractivity contribution in [2.45, 2.75) is 27.2 Å². The van der Waals surface area contributed by atoms with Gasteiger partial charge in [0.2, 0.25) is 5.91 Å². The fraction of sp³-hybridized carbons (Fsp3) is 0.364. The Morgan fingerprint density at radius 1 is 1.07 bits per heavy atom. The molecule has 0 aliphatic heterocycles. The van der Waals surface area contributed by atoms with Crippen molar-refractivity contribution in [3.8, 4) is 0 Å². The molecule has 0 unspecified atom stereocenters. The van der Waals surface area contributed by atoms with Crippen molar-refractivity contribution in [3.05, 3.63) is 53.9 Å². The Kier molecular flexibility index (Phi) is 7.88. The summed E-state index contributed by atoms with van der Waals surface area (Å²) >= 11 is 0. The molecule has 0 spiro atoms. The number of carbonyl (C=O) groups is 2. The first-order chi connectivity index (χ1) is 13.8. The van der Waals surface area contributed by atoms with Gasteiger partial charge in [0.05, 0.1) is 5.69 Å². The van der Waals surface area contributed by atoms with Crippen molar-refractivity contribution in [3.63, 3.8) is 0 Å². The van der Waals surface area contributed by atoms with E-state index < -0.39 is 5.91 Å². The van der Waals surface area contributed by atoms with E-state index in [0.717, 1.165) is 37.6 Å². The number of benzene rings is 1. The molecule has 0 bridgehead atoms. The molecule has 0 aliphatic carbocycles. The first-order valence-electron chi connectivity index (χ1n) is 9.70. The average Bonchev–Trinajstić information content (AvgIpc) is 2.71. The van der Waals surface area contributed by atoms with E-state index in [-0.39, 0.29) is 5.78 Å². The summed E-state index contributed by atoms with van der Waals surface area (Å²) < 4.78 is 0. The summed E-state index contributed by atoms with van der Waals surface area (Å²) in [5.74, 6) is 0.278. The number of nitrogens with two attached hydrogens (primary N) is 1. The van der Waals surface area contributed by atoms with Gasteiger partial charge in [0, 0.05) is 51.1 Å². The number of aliphatic imine (C=N–C) groups is 1. The Hall–Kier alpha value is -3.22. The van der Waals surface area contributed by atoms with Gasteiger partial charge in [-0.3, -0.25) is 14.6 Å². The van der Waals surface area contributed by atoms with Crippen LogP contribution in [-0.4, -0.2) is 54.1 Å². The topological polar surface area (TPSA) is 91.9 Å². The summed E-state index contributed by atoms with van der Waals surface area (Å²) in [6.07, 6.45) is 2.60. The molecule has 1 amide bonds. The summed E-state index contributed by atoms with van der Waals surface area (Å²) in [5, 5.41) is 0. The lowest BCUT2D eigenvalue weighted by atomic mass is 10.2. The SMILES string of the molecule is CCCN(CCN(C)/C(C)=N/c1cccnc1C(C)=O)c1ccc(C(N)=O)cc1. The molecule has 0 saturated heterocycles. The highest BCUT2D eigenvalue weighted by Gasteiger charge is 2.11. The summed E-state index contributed by atoms with van der Waals surface area (Å²) in [5.41, 5.74) is 7.83. The van der Waals surface area contributed by atoms with E-state index >= 15 is 0 Å². The van der Waals surface area contributed by atoms with Crippen LogP contribution in [0.4, 0.5) is 11.4 Å². The first-order valence-corrected chi connectivity index (χ1v) is 9.70. The predicted octanol–water partition coefficient (Wildman–Crippen LogP) is 3.28. The Bertz CT molecular complexity index is 877. The Labute approximate surface area is 172 Å². The normalized spacial score (nSPS) is 11.2. The average molecular weight is 396 g/mol. The van der Waals surface area contributed by atoms with Gasteiger partial charge in [-0.1, -0.05) is 6.92 Å². The maximum Gasteiger partial charge on any atom is 0.248 e. The number of amidine groups is 1. The van der Waals surface area contributed by atoms with Gasteiger partial charge in [0.1, 0.15) is 11.5 Å². The molecule has 2 N–H and O–H groups in total. The minimum absolute atomic E-state index is 0.103. The van der Waals surface area contributed by atoms with Crippen molar-refractivity contribution < 1.29 is 9.59 Å². The maximum absolute atomic E-state index is 11.7. The van der Waals surface area contributed by atoms with Gasteiger partial charge in [0.15, 0.2) is 5.78 Å². The van der Waals surface area contributed by atoms with E-state index in [9.17, 15) is 9.59 Å². The standard InChI is InChI=1S/C22H29N5O2/c1-5-13-27(19-10-8-18(9-11-19)22(23)29)15-14-26(4)17(3)25-20-7-6-12-24-21(20)16(2)28/h6-12H,5,13-15H2,1-4H3,(H2,23,29)/b25-17+. The van der Waals surface area contributed by atoms with E-state index in [2.05, 4.69) is 26.7 Å². The Morgan fingerprint density at radius 2 is 1.76 bits per heavy atom. The van der Waals surface area contributed by atoms with Gasteiger partial charge in [0.25, 0.3) is 0 Å². The molecule has 1 heterocycles. The van der Waals surface area contributed by atoms with Crippen molar-refractivity contribution in [1.82, 2.24) is 9.88 Å². The minimum Gasteiger partial charge on any atom is -0.370 e. The second-order valence-electron chi connectivity index (χ2n) is 6.91. The number of aromatic nitrogens is 1. The van der Waals surface area contributed by atoms with E-state index in [1.54, 1.807) is 30.5 Å². The number of carbonyl (C=O) groups excluding carboxylic acids is 2. The highest BCUT2D eigenvalue weighted by atomic mass is 16.1. The predicted molar refractivity (Wildman–Crippen MR) is 117 cm³/mol. The number of pyridine rings is 1. The second-order valence-corrected chi connectivity index (χ2v) is 6.91. The van der Waals surface area contributed by atoms with Crippen LogP contribution in [0.15, 0.2) is 47.6 Å². The number of hydrogen-bond acceptors (Lipinski definition) is 5. The molecule has 2 aromatic rings. The number of rotatable bonds is 9. The quantitative estimate of drug-likeness (QED) is 0.400. The van der Waals surface area contributed by atoms with Crippen LogP contribution in [0, 0.1) is 0 Å². The molecule has 7 heteroatoms. The third kappa shape index (κ3) is 6.14. The largest absolute Gasteiger partial charge is 0.370 e. The lowest BCUT2D eigenvalue weighted by molar-refractivity contribution is 0.0995. The monoisotopic (exact) mass is 395 g/mol. The molecule has 29 heavy (non-hydrogen) atoms. The van der Waals surface area contributed by atoms with E-state index in [4.69, 9.17) is 5.73 Å². The fourth-order valence-corrected chi connectivity index (χ4v) is 2.93.